The Morgan fingerprint density at radius 1 is 1.24 bits per heavy atom. The number of thioether (sulfide) groups is 1. The molecule has 1 aromatic rings. The predicted octanol–water partition coefficient (Wildman–Crippen LogP) is 2.58. The van der Waals surface area contributed by atoms with Gasteiger partial charge in [-0.3, -0.25) is 0 Å². The highest BCUT2D eigenvalue weighted by Crippen LogP contribution is 2.26. The smallest absolute Gasteiger partial charge is 0.161 e. The average molecular weight is 256 g/mol. The Morgan fingerprint density at radius 2 is 1.88 bits per heavy atom. The zero-order valence-corrected chi connectivity index (χ0v) is 11.2. The summed E-state index contributed by atoms with van der Waals surface area (Å²) in [6, 6.07) is 7.68. The molecule has 0 fully saturated rings. The van der Waals surface area contributed by atoms with Crippen molar-refractivity contribution in [3.63, 3.8) is 0 Å². The van der Waals surface area contributed by atoms with Crippen LogP contribution in [0.3, 0.4) is 0 Å². The molecule has 0 saturated heterocycles. The van der Waals surface area contributed by atoms with Crippen LogP contribution >= 0.6 is 11.8 Å². The molecule has 1 atom stereocenters. The molecule has 0 aliphatic rings. The van der Waals surface area contributed by atoms with E-state index in [9.17, 15) is 0 Å². The maximum atomic E-state index is 8.88. The lowest BCUT2D eigenvalue weighted by molar-refractivity contribution is 0.288. The number of para-hydroxylation sites is 2. The van der Waals surface area contributed by atoms with E-state index in [4.69, 9.17) is 14.6 Å². The normalized spacial score (nSPS) is 12.2. The molecule has 0 saturated carbocycles. The molecule has 0 aromatic heterocycles. The first-order chi connectivity index (χ1) is 8.27. The summed E-state index contributed by atoms with van der Waals surface area (Å²) in [6.07, 6.45) is 0. The highest BCUT2D eigenvalue weighted by molar-refractivity contribution is 7.99. The highest BCUT2D eigenvalue weighted by Gasteiger charge is 2.04. The lowest BCUT2D eigenvalue weighted by Gasteiger charge is -2.12. The van der Waals surface area contributed by atoms with Crippen LogP contribution in [0.15, 0.2) is 24.3 Å². The van der Waals surface area contributed by atoms with Crippen LogP contribution in [-0.2, 0) is 0 Å². The van der Waals surface area contributed by atoms with Crippen molar-refractivity contribution in [3.8, 4) is 11.5 Å². The topological polar surface area (TPSA) is 38.7 Å². The number of aliphatic hydroxyl groups is 1. The molecule has 17 heavy (non-hydrogen) atoms. The number of hydrogen-bond donors (Lipinski definition) is 1. The minimum Gasteiger partial charge on any atom is -0.490 e. The molecule has 0 amide bonds. The molecular formula is C13H20O3S. The van der Waals surface area contributed by atoms with Gasteiger partial charge < -0.3 is 14.6 Å². The number of rotatable bonds is 8. The maximum Gasteiger partial charge on any atom is 0.161 e. The molecule has 0 bridgehead atoms. The number of ether oxygens (including phenoxy) is 2. The van der Waals surface area contributed by atoms with Crippen molar-refractivity contribution < 1.29 is 14.6 Å². The number of benzene rings is 1. The van der Waals surface area contributed by atoms with Crippen LogP contribution in [0.2, 0.25) is 0 Å². The molecule has 0 radical (unpaired) electrons. The zero-order valence-electron chi connectivity index (χ0n) is 10.4. The first-order valence-corrected chi connectivity index (χ1v) is 6.90. The minimum absolute atomic E-state index is 0.209. The van der Waals surface area contributed by atoms with Crippen molar-refractivity contribution >= 4 is 11.8 Å². The average Bonchev–Trinajstić information content (AvgIpc) is 2.36. The third-order valence-corrected chi connectivity index (χ3v) is 3.27. The first-order valence-electron chi connectivity index (χ1n) is 5.85. The second-order valence-electron chi connectivity index (χ2n) is 3.59. The van der Waals surface area contributed by atoms with Gasteiger partial charge in [0.25, 0.3) is 0 Å². The van der Waals surface area contributed by atoms with Crippen molar-refractivity contribution in [1.82, 2.24) is 0 Å². The quantitative estimate of drug-likeness (QED) is 0.726. The van der Waals surface area contributed by atoms with Gasteiger partial charge in [0.05, 0.1) is 19.8 Å². The van der Waals surface area contributed by atoms with Gasteiger partial charge in [0.2, 0.25) is 0 Å². The molecule has 1 rings (SSSR count). The van der Waals surface area contributed by atoms with Gasteiger partial charge in [0.15, 0.2) is 11.5 Å². The molecule has 3 nitrogen and oxygen atoms in total. The molecule has 4 heteroatoms. The van der Waals surface area contributed by atoms with Gasteiger partial charge in [-0.25, -0.2) is 0 Å². The van der Waals surface area contributed by atoms with Crippen molar-refractivity contribution in [1.29, 1.82) is 0 Å². The van der Waals surface area contributed by atoms with Gasteiger partial charge in [-0.2, -0.15) is 11.8 Å². The fourth-order valence-corrected chi connectivity index (χ4v) is 1.99. The van der Waals surface area contributed by atoms with Crippen LogP contribution in [0.25, 0.3) is 0 Å². The third-order valence-electron chi connectivity index (χ3n) is 2.15. The molecule has 96 valence electrons. The first kappa shape index (κ1) is 14.2. The summed E-state index contributed by atoms with van der Waals surface area (Å²) in [4.78, 5) is 0. The van der Waals surface area contributed by atoms with E-state index in [1.165, 1.54) is 0 Å². The van der Waals surface area contributed by atoms with Crippen molar-refractivity contribution in [2.75, 3.05) is 25.6 Å². The predicted molar refractivity (Wildman–Crippen MR) is 72.1 cm³/mol. The van der Waals surface area contributed by atoms with Gasteiger partial charge >= 0.3 is 0 Å². The largest absolute Gasteiger partial charge is 0.490 e. The van der Waals surface area contributed by atoms with E-state index >= 15 is 0 Å². The van der Waals surface area contributed by atoms with Gasteiger partial charge in [0, 0.05) is 11.0 Å². The fraction of sp³-hybridized carbons (Fsp3) is 0.538. The standard InChI is InChI=1S/C13H20O3S/c1-3-15-12-6-4-5-7-13(12)16-8-9-17-11(2)10-14/h4-7,11,14H,3,8-10H2,1-2H3. The van der Waals surface area contributed by atoms with Gasteiger partial charge in [-0.05, 0) is 19.1 Å². The molecule has 1 aromatic carbocycles. The van der Waals surface area contributed by atoms with Gasteiger partial charge in [-0.15, -0.1) is 0 Å². The van der Waals surface area contributed by atoms with Crippen LogP contribution in [-0.4, -0.2) is 35.9 Å². The van der Waals surface area contributed by atoms with Gasteiger partial charge in [0.1, 0.15) is 0 Å². The van der Waals surface area contributed by atoms with E-state index in [0.29, 0.717) is 13.2 Å². The zero-order chi connectivity index (χ0) is 12.5. The SMILES string of the molecule is CCOc1ccccc1OCCSC(C)CO. The van der Waals surface area contributed by atoms with Crippen molar-refractivity contribution in [2.45, 2.75) is 19.1 Å². The van der Waals surface area contributed by atoms with Crippen LogP contribution < -0.4 is 9.47 Å². The molecule has 0 spiro atoms. The Bertz CT molecular complexity index is 317. The third kappa shape index (κ3) is 5.33. The molecule has 1 N–H and O–H groups in total. The van der Waals surface area contributed by atoms with Crippen LogP contribution in [0.5, 0.6) is 11.5 Å². The van der Waals surface area contributed by atoms with Crippen LogP contribution in [0.4, 0.5) is 0 Å². The molecule has 0 aliphatic carbocycles. The van der Waals surface area contributed by atoms with E-state index < -0.39 is 0 Å². The lowest BCUT2D eigenvalue weighted by Crippen LogP contribution is -2.08. The summed E-state index contributed by atoms with van der Waals surface area (Å²) < 4.78 is 11.1. The summed E-state index contributed by atoms with van der Waals surface area (Å²) in [6.45, 7) is 5.42. The number of aliphatic hydroxyl groups excluding tert-OH is 1. The van der Waals surface area contributed by atoms with Crippen LogP contribution in [0.1, 0.15) is 13.8 Å². The van der Waals surface area contributed by atoms with E-state index in [1.807, 2.05) is 38.1 Å². The number of hydrogen-bond acceptors (Lipinski definition) is 4. The molecular weight excluding hydrogens is 236 g/mol. The second-order valence-corrected chi connectivity index (χ2v) is 5.14. The van der Waals surface area contributed by atoms with Crippen LogP contribution in [0, 0.1) is 0 Å². The van der Waals surface area contributed by atoms with E-state index in [0.717, 1.165) is 17.3 Å². The molecule has 1 unspecified atom stereocenters. The van der Waals surface area contributed by atoms with Crippen molar-refractivity contribution in [3.05, 3.63) is 24.3 Å². The Balaban J connectivity index is 2.35. The maximum absolute atomic E-state index is 8.88. The Kier molecular flexibility index (Phi) is 6.89. The Hall–Kier alpha value is -0.870. The fourth-order valence-electron chi connectivity index (χ4n) is 1.30. The Labute approximate surface area is 107 Å². The summed E-state index contributed by atoms with van der Waals surface area (Å²) in [5.41, 5.74) is 0. The van der Waals surface area contributed by atoms with Crippen molar-refractivity contribution in [2.24, 2.45) is 0 Å². The lowest BCUT2D eigenvalue weighted by atomic mass is 10.3. The molecule has 0 aliphatic heterocycles. The summed E-state index contributed by atoms with van der Waals surface area (Å²) in [5, 5.41) is 9.15. The summed E-state index contributed by atoms with van der Waals surface area (Å²) in [7, 11) is 0. The highest BCUT2D eigenvalue weighted by atomic mass is 32.2. The second kappa shape index (κ2) is 8.25. The summed E-state index contributed by atoms with van der Waals surface area (Å²) in [5.74, 6) is 2.43. The van der Waals surface area contributed by atoms with Gasteiger partial charge in [-0.1, -0.05) is 19.1 Å². The monoisotopic (exact) mass is 256 g/mol. The van der Waals surface area contributed by atoms with E-state index in [2.05, 4.69) is 0 Å². The molecule has 0 heterocycles. The summed E-state index contributed by atoms with van der Waals surface area (Å²) >= 11 is 1.70. The van der Waals surface area contributed by atoms with E-state index in [1.54, 1.807) is 11.8 Å². The Morgan fingerprint density at radius 3 is 2.47 bits per heavy atom. The van der Waals surface area contributed by atoms with E-state index in [-0.39, 0.29) is 11.9 Å². The minimum atomic E-state index is 0.209.